The van der Waals surface area contributed by atoms with E-state index >= 15 is 0 Å². The first-order valence-corrected chi connectivity index (χ1v) is 5.08. The Hall–Kier alpha value is -2.18. The van der Waals surface area contributed by atoms with Crippen molar-refractivity contribution in [2.75, 3.05) is 6.61 Å². The van der Waals surface area contributed by atoms with E-state index in [2.05, 4.69) is 4.98 Å². The standard InChI is InChI=1S/C10H10N2O5/c13-10(14)7-3-8(12(15)16)9(11-4-7)17-5-6-1-2-6/h3-4,6H,1-2,5H2,(H,13,14). The summed E-state index contributed by atoms with van der Waals surface area (Å²) in [5, 5.41) is 19.5. The van der Waals surface area contributed by atoms with Crippen LogP contribution in [-0.2, 0) is 0 Å². The smallest absolute Gasteiger partial charge is 0.337 e. The van der Waals surface area contributed by atoms with E-state index in [0.29, 0.717) is 12.5 Å². The van der Waals surface area contributed by atoms with Gasteiger partial charge in [-0.05, 0) is 18.8 Å². The predicted molar refractivity (Wildman–Crippen MR) is 56.1 cm³/mol. The topological polar surface area (TPSA) is 103 Å². The van der Waals surface area contributed by atoms with E-state index in [4.69, 9.17) is 9.84 Å². The number of ether oxygens (including phenoxy) is 1. The number of carboxylic acids is 1. The van der Waals surface area contributed by atoms with Gasteiger partial charge in [-0.2, -0.15) is 0 Å². The van der Waals surface area contributed by atoms with Gasteiger partial charge in [0.1, 0.15) is 0 Å². The Balaban J connectivity index is 2.23. The summed E-state index contributed by atoms with van der Waals surface area (Å²) >= 11 is 0. The summed E-state index contributed by atoms with van der Waals surface area (Å²) in [5.41, 5.74) is -0.638. The Morgan fingerprint density at radius 2 is 2.35 bits per heavy atom. The monoisotopic (exact) mass is 238 g/mol. The van der Waals surface area contributed by atoms with Gasteiger partial charge in [-0.15, -0.1) is 0 Å². The quantitative estimate of drug-likeness (QED) is 0.615. The minimum absolute atomic E-state index is 0.119. The lowest BCUT2D eigenvalue weighted by Gasteiger charge is -2.04. The molecule has 1 aromatic rings. The third-order valence-corrected chi connectivity index (χ3v) is 2.43. The number of carbonyl (C=O) groups is 1. The van der Waals surface area contributed by atoms with Crippen LogP contribution in [0.15, 0.2) is 12.3 Å². The fourth-order valence-corrected chi connectivity index (χ4v) is 1.28. The van der Waals surface area contributed by atoms with Crippen LogP contribution in [0.25, 0.3) is 0 Å². The summed E-state index contributed by atoms with van der Waals surface area (Å²) in [7, 11) is 0. The van der Waals surface area contributed by atoms with Gasteiger partial charge in [0.25, 0.3) is 5.88 Å². The zero-order valence-corrected chi connectivity index (χ0v) is 8.83. The molecule has 0 spiro atoms. The molecule has 0 aromatic carbocycles. The first-order chi connectivity index (χ1) is 8.08. The van der Waals surface area contributed by atoms with Crippen molar-refractivity contribution >= 4 is 11.7 Å². The summed E-state index contributed by atoms with van der Waals surface area (Å²) in [6.07, 6.45) is 3.17. The van der Waals surface area contributed by atoms with Gasteiger partial charge in [0, 0.05) is 12.3 Å². The highest BCUT2D eigenvalue weighted by molar-refractivity contribution is 5.88. The van der Waals surface area contributed by atoms with Gasteiger partial charge in [0.2, 0.25) is 0 Å². The van der Waals surface area contributed by atoms with Gasteiger partial charge in [-0.25, -0.2) is 9.78 Å². The van der Waals surface area contributed by atoms with Crippen LogP contribution in [0.3, 0.4) is 0 Å². The minimum Gasteiger partial charge on any atom is -0.478 e. The predicted octanol–water partition coefficient (Wildman–Crippen LogP) is 1.48. The van der Waals surface area contributed by atoms with Crippen molar-refractivity contribution in [3.8, 4) is 5.88 Å². The summed E-state index contributed by atoms with van der Waals surface area (Å²) < 4.78 is 5.21. The third-order valence-electron chi connectivity index (χ3n) is 2.43. The molecule has 7 nitrogen and oxygen atoms in total. The Morgan fingerprint density at radius 1 is 1.65 bits per heavy atom. The van der Waals surface area contributed by atoms with Gasteiger partial charge in [-0.1, -0.05) is 0 Å². The molecule has 2 rings (SSSR count). The summed E-state index contributed by atoms with van der Waals surface area (Å²) in [5.74, 6) is -0.934. The first-order valence-electron chi connectivity index (χ1n) is 5.08. The van der Waals surface area contributed by atoms with Crippen molar-refractivity contribution in [1.82, 2.24) is 4.98 Å². The summed E-state index contributed by atoms with van der Waals surface area (Å²) in [6, 6.07) is 0.956. The van der Waals surface area contributed by atoms with Crippen molar-refractivity contribution < 1.29 is 19.6 Å². The molecular weight excluding hydrogens is 228 g/mol. The highest BCUT2D eigenvalue weighted by Gasteiger charge is 2.25. The highest BCUT2D eigenvalue weighted by atomic mass is 16.6. The van der Waals surface area contributed by atoms with Crippen LogP contribution in [0.2, 0.25) is 0 Å². The Labute approximate surface area is 96.2 Å². The van der Waals surface area contributed by atoms with Gasteiger partial charge in [0.15, 0.2) is 0 Å². The SMILES string of the molecule is O=C(O)c1cnc(OCC2CC2)c([N+](=O)[O-])c1. The summed E-state index contributed by atoms with van der Waals surface area (Å²) in [4.78, 5) is 24.4. The van der Waals surface area contributed by atoms with Gasteiger partial charge >= 0.3 is 11.7 Å². The molecule has 1 aliphatic rings. The number of nitro groups is 1. The van der Waals surface area contributed by atoms with Crippen molar-refractivity contribution in [1.29, 1.82) is 0 Å². The number of aromatic nitrogens is 1. The van der Waals surface area contributed by atoms with Crippen molar-refractivity contribution in [2.24, 2.45) is 5.92 Å². The molecule has 17 heavy (non-hydrogen) atoms. The van der Waals surface area contributed by atoms with Crippen LogP contribution in [0, 0.1) is 16.0 Å². The number of pyridine rings is 1. The molecule has 1 aliphatic carbocycles. The molecule has 1 heterocycles. The lowest BCUT2D eigenvalue weighted by molar-refractivity contribution is -0.386. The van der Waals surface area contributed by atoms with Gasteiger partial charge < -0.3 is 9.84 Å². The molecule has 0 amide bonds. The molecular formula is C10H10N2O5. The molecule has 0 saturated heterocycles. The first kappa shape index (κ1) is 11.3. The van der Waals surface area contributed by atoms with Crippen LogP contribution in [0.4, 0.5) is 5.69 Å². The van der Waals surface area contributed by atoms with E-state index in [0.717, 1.165) is 25.1 Å². The fourth-order valence-electron chi connectivity index (χ4n) is 1.28. The van der Waals surface area contributed by atoms with Crippen molar-refractivity contribution in [3.63, 3.8) is 0 Å². The van der Waals surface area contributed by atoms with E-state index < -0.39 is 16.6 Å². The van der Waals surface area contributed by atoms with Crippen LogP contribution in [0.5, 0.6) is 5.88 Å². The van der Waals surface area contributed by atoms with E-state index in [1.54, 1.807) is 0 Å². The average molecular weight is 238 g/mol. The molecule has 1 fully saturated rings. The molecule has 0 aliphatic heterocycles. The molecule has 90 valence electrons. The maximum Gasteiger partial charge on any atom is 0.337 e. The van der Waals surface area contributed by atoms with Crippen molar-refractivity contribution in [2.45, 2.75) is 12.8 Å². The fraction of sp³-hybridized carbons (Fsp3) is 0.400. The van der Waals surface area contributed by atoms with Crippen LogP contribution < -0.4 is 4.74 Å². The number of hydrogen-bond donors (Lipinski definition) is 1. The second kappa shape index (κ2) is 4.36. The second-order valence-corrected chi connectivity index (χ2v) is 3.86. The third kappa shape index (κ3) is 2.68. The molecule has 7 heteroatoms. The molecule has 0 atom stereocenters. The molecule has 1 aromatic heterocycles. The molecule has 0 bridgehead atoms. The number of rotatable bonds is 5. The Bertz CT molecular complexity index is 470. The van der Waals surface area contributed by atoms with E-state index in [1.165, 1.54) is 0 Å². The Morgan fingerprint density at radius 3 is 2.88 bits per heavy atom. The second-order valence-electron chi connectivity index (χ2n) is 3.86. The van der Waals surface area contributed by atoms with E-state index in [-0.39, 0.29) is 11.4 Å². The van der Waals surface area contributed by atoms with Crippen molar-refractivity contribution in [3.05, 3.63) is 27.9 Å². The molecule has 0 radical (unpaired) electrons. The lowest BCUT2D eigenvalue weighted by Crippen LogP contribution is -2.06. The maximum atomic E-state index is 10.7. The van der Waals surface area contributed by atoms with Gasteiger partial charge in [-0.3, -0.25) is 10.1 Å². The summed E-state index contributed by atoms with van der Waals surface area (Å²) in [6.45, 7) is 0.389. The van der Waals surface area contributed by atoms with Crippen LogP contribution in [-0.4, -0.2) is 27.6 Å². The number of hydrogen-bond acceptors (Lipinski definition) is 5. The normalized spacial score (nSPS) is 14.4. The number of nitrogens with zero attached hydrogens (tertiary/aromatic N) is 2. The maximum absolute atomic E-state index is 10.7. The minimum atomic E-state index is -1.26. The van der Waals surface area contributed by atoms with Crippen LogP contribution in [0.1, 0.15) is 23.2 Å². The highest BCUT2D eigenvalue weighted by Crippen LogP contribution is 2.31. The molecule has 1 N–H and O–H groups in total. The number of carboxylic acid groups (broad SMARTS) is 1. The van der Waals surface area contributed by atoms with Gasteiger partial charge in [0.05, 0.1) is 17.1 Å². The average Bonchev–Trinajstić information content (AvgIpc) is 3.09. The zero-order chi connectivity index (χ0) is 12.4. The molecule has 0 unspecified atom stereocenters. The largest absolute Gasteiger partial charge is 0.478 e. The number of aromatic carboxylic acids is 1. The van der Waals surface area contributed by atoms with E-state index in [1.807, 2.05) is 0 Å². The lowest BCUT2D eigenvalue weighted by atomic mass is 10.2. The zero-order valence-electron chi connectivity index (χ0n) is 8.83. The van der Waals surface area contributed by atoms with E-state index in [9.17, 15) is 14.9 Å². The molecule has 1 saturated carbocycles. The Kier molecular flexibility index (Phi) is 2.90. The van der Waals surface area contributed by atoms with Crippen LogP contribution >= 0.6 is 0 Å².